The van der Waals surface area contributed by atoms with Crippen LogP contribution in [0.25, 0.3) is 0 Å². The average molecular weight is 430 g/mol. The number of carbonyl (C=O) groups excluding carboxylic acids is 2. The van der Waals surface area contributed by atoms with Gasteiger partial charge in [-0.2, -0.15) is 0 Å². The molecule has 170 valence electrons. The van der Waals surface area contributed by atoms with Gasteiger partial charge in [0.2, 0.25) is 0 Å². The number of ether oxygens (including phenoxy) is 2. The summed E-state index contributed by atoms with van der Waals surface area (Å²) in [7, 11) is 0. The quantitative estimate of drug-likeness (QED) is 0.776. The van der Waals surface area contributed by atoms with Crippen molar-refractivity contribution in [3.8, 4) is 0 Å². The first-order chi connectivity index (χ1) is 14.8. The third kappa shape index (κ3) is 5.91. The summed E-state index contributed by atoms with van der Waals surface area (Å²) in [6.07, 6.45) is 1.39. The summed E-state index contributed by atoms with van der Waals surface area (Å²) >= 11 is 0. The van der Waals surface area contributed by atoms with Crippen molar-refractivity contribution in [1.82, 2.24) is 15.1 Å². The number of piperidine rings is 2. The Balaban J connectivity index is 1.11. The van der Waals surface area contributed by atoms with Gasteiger partial charge in [0.05, 0.1) is 0 Å². The van der Waals surface area contributed by atoms with Crippen LogP contribution in [0.4, 0.5) is 9.59 Å². The number of nitrogens with one attached hydrogen (secondary N) is 1. The molecule has 2 saturated heterocycles. The number of alkyl carbamates (subject to hydrolysis) is 1. The Bertz CT molecular complexity index is 759. The Hall–Kier alpha value is -2.28. The summed E-state index contributed by atoms with van der Waals surface area (Å²) in [6.45, 7) is 10.8. The Kier molecular flexibility index (Phi) is 6.42. The Morgan fingerprint density at radius 1 is 1.06 bits per heavy atom. The molecule has 2 atom stereocenters. The zero-order chi connectivity index (χ0) is 22.0. The van der Waals surface area contributed by atoms with Crippen LogP contribution in [0, 0.1) is 17.8 Å². The molecule has 31 heavy (non-hydrogen) atoms. The minimum Gasteiger partial charge on any atom is -0.445 e. The van der Waals surface area contributed by atoms with E-state index in [1.807, 2.05) is 56.0 Å². The SMILES string of the molecule is CC(C)(C)OC(=O)N1CC2C(CN3CCC(NC(=O)OCc4ccccc4)CC3)C2C1. The van der Waals surface area contributed by atoms with Crippen molar-refractivity contribution in [2.24, 2.45) is 17.8 Å². The maximum Gasteiger partial charge on any atom is 0.410 e. The van der Waals surface area contributed by atoms with Gasteiger partial charge in [-0.3, -0.25) is 0 Å². The lowest BCUT2D eigenvalue weighted by Gasteiger charge is -2.33. The molecule has 0 radical (unpaired) electrons. The number of benzene rings is 1. The van der Waals surface area contributed by atoms with Gasteiger partial charge in [-0.15, -0.1) is 0 Å². The molecule has 2 amide bonds. The van der Waals surface area contributed by atoms with Crippen molar-refractivity contribution in [2.75, 3.05) is 32.7 Å². The average Bonchev–Trinajstić information content (AvgIpc) is 3.15. The minimum atomic E-state index is -0.435. The van der Waals surface area contributed by atoms with E-state index in [9.17, 15) is 9.59 Å². The lowest BCUT2D eigenvalue weighted by molar-refractivity contribution is 0.0260. The number of carbonyl (C=O) groups is 2. The Labute approximate surface area is 185 Å². The van der Waals surface area contributed by atoms with Crippen molar-refractivity contribution in [3.63, 3.8) is 0 Å². The van der Waals surface area contributed by atoms with E-state index in [-0.39, 0.29) is 18.2 Å². The Morgan fingerprint density at radius 3 is 2.32 bits per heavy atom. The topological polar surface area (TPSA) is 71.1 Å². The first kappa shape index (κ1) is 21.9. The van der Waals surface area contributed by atoms with Crippen LogP contribution in [0.5, 0.6) is 0 Å². The highest BCUT2D eigenvalue weighted by Gasteiger charge is 2.57. The molecule has 3 aliphatic rings. The largest absolute Gasteiger partial charge is 0.445 e. The van der Waals surface area contributed by atoms with Gasteiger partial charge in [0.15, 0.2) is 0 Å². The first-order valence-corrected chi connectivity index (χ1v) is 11.5. The summed E-state index contributed by atoms with van der Waals surface area (Å²) in [6, 6.07) is 9.91. The fraction of sp³-hybridized carbons (Fsp3) is 0.667. The van der Waals surface area contributed by atoms with Crippen molar-refractivity contribution in [3.05, 3.63) is 35.9 Å². The standard InChI is InChI=1S/C24H35N3O4/c1-24(2,3)31-23(29)27-14-20-19(21(20)15-27)13-26-11-9-18(10-12-26)25-22(28)30-16-17-7-5-4-6-8-17/h4-8,18-21H,9-16H2,1-3H3,(H,25,28). The molecule has 1 aliphatic carbocycles. The van der Waals surface area contributed by atoms with Crippen LogP contribution in [0.15, 0.2) is 30.3 Å². The van der Waals surface area contributed by atoms with E-state index in [1.165, 1.54) is 0 Å². The number of hydrogen-bond donors (Lipinski definition) is 1. The molecule has 1 aromatic rings. The van der Waals surface area contributed by atoms with E-state index < -0.39 is 5.60 Å². The fourth-order valence-electron chi connectivity index (χ4n) is 4.89. The number of amides is 2. The molecule has 0 bridgehead atoms. The summed E-state index contributed by atoms with van der Waals surface area (Å²) < 4.78 is 10.8. The third-order valence-corrected chi connectivity index (χ3v) is 6.61. The first-order valence-electron chi connectivity index (χ1n) is 11.5. The predicted molar refractivity (Wildman–Crippen MR) is 118 cm³/mol. The molecule has 0 aromatic heterocycles. The van der Waals surface area contributed by atoms with Gasteiger partial charge in [-0.25, -0.2) is 9.59 Å². The third-order valence-electron chi connectivity index (χ3n) is 6.61. The fourth-order valence-corrected chi connectivity index (χ4v) is 4.89. The molecular weight excluding hydrogens is 394 g/mol. The molecule has 7 nitrogen and oxygen atoms in total. The van der Waals surface area contributed by atoms with Crippen molar-refractivity contribution < 1.29 is 19.1 Å². The maximum absolute atomic E-state index is 12.2. The summed E-state index contributed by atoms with van der Waals surface area (Å²) in [5.74, 6) is 1.94. The van der Waals surface area contributed by atoms with Crippen LogP contribution in [0.3, 0.4) is 0 Å². The summed E-state index contributed by atoms with van der Waals surface area (Å²) in [4.78, 5) is 28.7. The van der Waals surface area contributed by atoms with Crippen molar-refractivity contribution in [1.29, 1.82) is 0 Å². The van der Waals surface area contributed by atoms with Crippen molar-refractivity contribution in [2.45, 2.75) is 51.9 Å². The van der Waals surface area contributed by atoms with Gasteiger partial charge >= 0.3 is 12.2 Å². The molecule has 2 aliphatic heterocycles. The highest BCUT2D eigenvalue weighted by atomic mass is 16.6. The smallest absolute Gasteiger partial charge is 0.410 e. The normalized spacial score (nSPS) is 26.3. The van der Waals surface area contributed by atoms with E-state index >= 15 is 0 Å². The lowest BCUT2D eigenvalue weighted by Crippen LogP contribution is -2.45. The number of hydrogen-bond acceptors (Lipinski definition) is 5. The maximum atomic E-state index is 12.2. The van der Waals surface area contributed by atoms with Crippen LogP contribution in [-0.4, -0.2) is 66.4 Å². The summed E-state index contributed by atoms with van der Waals surface area (Å²) in [5.41, 5.74) is 0.558. The molecule has 4 rings (SSSR count). The van der Waals surface area contributed by atoms with E-state index in [1.54, 1.807) is 0 Å². The highest BCUT2D eigenvalue weighted by Crippen LogP contribution is 2.52. The number of nitrogens with zero attached hydrogens (tertiary/aromatic N) is 2. The second-order valence-corrected chi connectivity index (χ2v) is 10.2. The molecule has 3 fully saturated rings. The Morgan fingerprint density at radius 2 is 1.71 bits per heavy atom. The van der Waals surface area contributed by atoms with Crippen LogP contribution in [-0.2, 0) is 16.1 Å². The van der Waals surface area contributed by atoms with Gasteiger partial charge < -0.3 is 24.6 Å². The van der Waals surface area contributed by atoms with Gasteiger partial charge in [0, 0.05) is 38.8 Å². The molecule has 2 unspecified atom stereocenters. The van der Waals surface area contributed by atoms with Crippen LogP contribution in [0.2, 0.25) is 0 Å². The van der Waals surface area contributed by atoms with Crippen LogP contribution >= 0.6 is 0 Å². The molecular formula is C24H35N3O4. The highest BCUT2D eigenvalue weighted by molar-refractivity contribution is 5.69. The molecule has 1 N–H and O–H groups in total. The van der Waals surface area contributed by atoms with Gasteiger partial charge in [-0.05, 0) is 56.9 Å². The minimum absolute atomic E-state index is 0.176. The molecule has 2 heterocycles. The molecule has 1 aromatic carbocycles. The van der Waals surface area contributed by atoms with E-state index in [4.69, 9.17) is 9.47 Å². The second kappa shape index (κ2) is 9.07. The molecule has 0 spiro atoms. The molecule has 1 saturated carbocycles. The zero-order valence-corrected chi connectivity index (χ0v) is 18.9. The lowest BCUT2D eigenvalue weighted by atomic mass is 10.0. The monoisotopic (exact) mass is 429 g/mol. The number of rotatable bonds is 5. The zero-order valence-electron chi connectivity index (χ0n) is 18.9. The van der Waals surface area contributed by atoms with Gasteiger partial charge in [0.25, 0.3) is 0 Å². The number of fused-ring (bicyclic) bond motifs is 1. The molecule has 7 heteroatoms. The van der Waals surface area contributed by atoms with E-state index in [0.29, 0.717) is 24.4 Å². The van der Waals surface area contributed by atoms with Gasteiger partial charge in [0.1, 0.15) is 12.2 Å². The van der Waals surface area contributed by atoms with E-state index in [0.717, 1.165) is 51.1 Å². The van der Waals surface area contributed by atoms with Gasteiger partial charge in [-0.1, -0.05) is 30.3 Å². The second-order valence-electron chi connectivity index (χ2n) is 10.2. The number of likely N-dealkylation sites (tertiary alicyclic amines) is 2. The van der Waals surface area contributed by atoms with Crippen molar-refractivity contribution >= 4 is 12.2 Å². The predicted octanol–water partition coefficient (Wildman–Crippen LogP) is 3.49. The van der Waals surface area contributed by atoms with E-state index in [2.05, 4.69) is 10.2 Å². The summed E-state index contributed by atoms with van der Waals surface area (Å²) in [5, 5.41) is 3.01. The van der Waals surface area contributed by atoms with Crippen LogP contribution < -0.4 is 5.32 Å². The van der Waals surface area contributed by atoms with Crippen LogP contribution in [0.1, 0.15) is 39.2 Å².